The lowest BCUT2D eigenvalue weighted by atomic mass is 9.93. The van der Waals surface area contributed by atoms with Crippen LogP contribution in [0.1, 0.15) is 38.2 Å². The van der Waals surface area contributed by atoms with Gasteiger partial charge in [-0.15, -0.1) is 0 Å². The van der Waals surface area contributed by atoms with Crippen molar-refractivity contribution in [3.05, 3.63) is 109 Å². The largest absolute Gasteiger partial charge is 0.474 e. The molecular formula is C39H38F4N10O3S. The van der Waals surface area contributed by atoms with E-state index in [1.54, 1.807) is 24.4 Å². The summed E-state index contributed by atoms with van der Waals surface area (Å²) in [5, 5.41) is 0. The summed E-state index contributed by atoms with van der Waals surface area (Å²) in [6.07, 6.45) is 7.98. The van der Waals surface area contributed by atoms with Crippen molar-refractivity contribution in [1.82, 2.24) is 34.6 Å². The number of hydrogen-bond acceptors (Lipinski definition) is 12. The molecule has 0 atom stereocenters. The molecule has 57 heavy (non-hydrogen) atoms. The number of rotatable bonds is 9. The number of benzene rings is 2. The van der Waals surface area contributed by atoms with Crippen LogP contribution >= 0.6 is 0 Å². The van der Waals surface area contributed by atoms with Crippen molar-refractivity contribution < 1.29 is 30.7 Å². The van der Waals surface area contributed by atoms with Gasteiger partial charge in [-0.1, -0.05) is 25.1 Å². The number of aromatic nitrogens is 6. The number of nitrogens with zero attached hydrogens (tertiary/aromatic N) is 6. The normalized spacial score (nSPS) is 15.7. The third-order valence-corrected chi connectivity index (χ3v) is 10.6. The Morgan fingerprint density at radius 2 is 1.44 bits per heavy atom. The second-order valence-electron chi connectivity index (χ2n) is 13.0. The molecule has 18 heteroatoms. The number of nitrogen functional groups attached to an aromatic ring is 2. The van der Waals surface area contributed by atoms with Crippen LogP contribution in [0.4, 0.5) is 29.3 Å². The molecule has 7 rings (SSSR count). The van der Waals surface area contributed by atoms with Crippen LogP contribution in [-0.2, 0) is 16.2 Å². The molecule has 2 aromatic carbocycles. The Bertz CT molecular complexity index is 2410. The minimum Gasteiger partial charge on any atom is -0.474 e. The molecule has 6 aromatic rings. The molecular weight excluding hydrogens is 765 g/mol. The first-order chi connectivity index (χ1) is 27.2. The average molecular weight is 803 g/mol. The Kier molecular flexibility index (Phi) is 12.3. The molecule has 0 saturated heterocycles. The topological polar surface area (TPSA) is 211 Å². The van der Waals surface area contributed by atoms with E-state index in [1.807, 2.05) is 18.2 Å². The number of halogens is 4. The number of ether oxygens (including phenoxy) is 1. The summed E-state index contributed by atoms with van der Waals surface area (Å²) in [5.41, 5.74) is 19.7. The predicted octanol–water partition coefficient (Wildman–Crippen LogP) is 6.68. The van der Waals surface area contributed by atoms with Gasteiger partial charge in [0.1, 0.15) is 17.7 Å². The molecule has 13 nitrogen and oxygen atoms in total. The van der Waals surface area contributed by atoms with Gasteiger partial charge in [0.25, 0.3) is 0 Å². The third-order valence-electron chi connectivity index (χ3n) is 8.97. The van der Waals surface area contributed by atoms with E-state index >= 15 is 0 Å². The molecule has 7 N–H and O–H groups in total. The number of alkyl halides is 3. The summed E-state index contributed by atoms with van der Waals surface area (Å²) in [6.45, 7) is 1.57. The maximum absolute atomic E-state index is 14.8. The van der Waals surface area contributed by atoms with Crippen LogP contribution < -0.4 is 26.7 Å². The third kappa shape index (κ3) is 10.0. The highest BCUT2D eigenvalue weighted by molar-refractivity contribution is 7.89. The van der Waals surface area contributed by atoms with E-state index in [4.69, 9.17) is 21.9 Å². The molecule has 0 amide bonds. The second kappa shape index (κ2) is 17.4. The van der Waals surface area contributed by atoms with Gasteiger partial charge in [-0.3, -0.25) is 9.97 Å². The molecule has 1 saturated carbocycles. The summed E-state index contributed by atoms with van der Waals surface area (Å²) >= 11 is 0. The monoisotopic (exact) mass is 802 g/mol. The Morgan fingerprint density at radius 1 is 0.754 bits per heavy atom. The quantitative estimate of drug-likeness (QED) is 0.113. The van der Waals surface area contributed by atoms with Crippen LogP contribution in [0.5, 0.6) is 5.88 Å². The van der Waals surface area contributed by atoms with Gasteiger partial charge >= 0.3 is 6.18 Å². The molecule has 0 radical (unpaired) electrons. The summed E-state index contributed by atoms with van der Waals surface area (Å²) in [4.78, 5) is 24.0. The standard InChI is InChI=1S/C21H22FN5O.C18H16F3N5O2S/c22-18-10-13(3-8-17(18)19-11-27-20(24)12-26-19)16-2-1-9-25-21(16)28-15-6-4-14(23)5-7-15;1-2-26-29(27,28)16-7-13(18(19,20)21)4-5-14(16)11-3-6-15(23-8-11)12-9-24-17(22)25-10-12/h1-3,8-12,14-15H,4-7,23H2,(H2,24,27);3-10,26H,2H2,1H3,(H2,22,24,25). The molecule has 0 spiro atoms. The molecule has 296 valence electrons. The lowest BCUT2D eigenvalue weighted by Gasteiger charge is -2.27. The number of hydrogen-bond donors (Lipinski definition) is 4. The van der Waals surface area contributed by atoms with E-state index in [0.717, 1.165) is 43.4 Å². The molecule has 4 heterocycles. The van der Waals surface area contributed by atoms with Crippen molar-refractivity contribution in [1.29, 1.82) is 0 Å². The van der Waals surface area contributed by atoms with E-state index in [-0.39, 0.29) is 30.2 Å². The predicted molar refractivity (Wildman–Crippen MR) is 207 cm³/mol. The second-order valence-corrected chi connectivity index (χ2v) is 14.7. The lowest BCUT2D eigenvalue weighted by Crippen LogP contribution is -2.31. The molecule has 1 fully saturated rings. The lowest BCUT2D eigenvalue weighted by molar-refractivity contribution is -0.137. The number of nitrogens with two attached hydrogens (primary N) is 3. The fraction of sp³-hybridized carbons (Fsp3) is 0.231. The Labute approximate surface area is 325 Å². The zero-order valence-electron chi connectivity index (χ0n) is 30.5. The van der Waals surface area contributed by atoms with Crippen molar-refractivity contribution in [3.63, 3.8) is 0 Å². The molecule has 0 bridgehead atoms. The van der Waals surface area contributed by atoms with Gasteiger partial charge in [-0.25, -0.2) is 37.5 Å². The summed E-state index contributed by atoms with van der Waals surface area (Å²) < 4.78 is 87.4. The van der Waals surface area contributed by atoms with Crippen molar-refractivity contribution in [2.45, 2.75) is 55.8 Å². The van der Waals surface area contributed by atoms with Crippen LogP contribution in [0.15, 0.2) is 103 Å². The van der Waals surface area contributed by atoms with Crippen molar-refractivity contribution in [2.75, 3.05) is 18.0 Å². The van der Waals surface area contributed by atoms with Crippen LogP contribution in [0, 0.1) is 5.82 Å². The van der Waals surface area contributed by atoms with E-state index in [9.17, 15) is 26.0 Å². The van der Waals surface area contributed by atoms with Crippen molar-refractivity contribution in [3.8, 4) is 50.6 Å². The molecule has 0 aliphatic heterocycles. The van der Waals surface area contributed by atoms with Gasteiger partial charge in [-0.2, -0.15) is 13.2 Å². The Morgan fingerprint density at radius 3 is 2.07 bits per heavy atom. The van der Waals surface area contributed by atoms with E-state index in [2.05, 4.69) is 34.6 Å². The highest BCUT2D eigenvalue weighted by Gasteiger charge is 2.33. The Hall–Kier alpha value is -6.11. The smallest absolute Gasteiger partial charge is 0.416 e. The van der Waals surface area contributed by atoms with Gasteiger partial charge in [0.05, 0.1) is 34.2 Å². The average Bonchev–Trinajstić information content (AvgIpc) is 3.19. The van der Waals surface area contributed by atoms with Crippen LogP contribution in [0.25, 0.3) is 44.8 Å². The molecule has 0 unspecified atom stereocenters. The van der Waals surface area contributed by atoms with Crippen LogP contribution in [0.2, 0.25) is 0 Å². The first-order valence-corrected chi connectivity index (χ1v) is 19.2. The zero-order chi connectivity index (χ0) is 40.7. The maximum Gasteiger partial charge on any atom is 0.416 e. The summed E-state index contributed by atoms with van der Waals surface area (Å²) in [6, 6.07) is 14.7. The first-order valence-electron chi connectivity index (χ1n) is 17.7. The number of pyridine rings is 2. The highest BCUT2D eigenvalue weighted by Crippen LogP contribution is 2.36. The number of sulfonamides is 1. The van der Waals surface area contributed by atoms with Crippen molar-refractivity contribution in [2.24, 2.45) is 5.73 Å². The van der Waals surface area contributed by atoms with Crippen LogP contribution in [-0.4, -0.2) is 57.0 Å². The van der Waals surface area contributed by atoms with Gasteiger partial charge in [0, 0.05) is 65.2 Å². The van der Waals surface area contributed by atoms with Gasteiger partial charge in [0.2, 0.25) is 21.9 Å². The zero-order valence-corrected chi connectivity index (χ0v) is 31.3. The summed E-state index contributed by atoms with van der Waals surface area (Å²) in [7, 11) is -4.15. The minimum atomic E-state index is -4.67. The molecule has 4 aromatic heterocycles. The van der Waals surface area contributed by atoms with E-state index in [0.29, 0.717) is 51.4 Å². The van der Waals surface area contributed by atoms with Gasteiger partial charge in [-0.05, 0) is 73.7 Å². The minimum absolute atomic E-state index is 0.0341. The van der Waals surface area contributed by atoms with Crippen molar-refractivity contribution >= 4 is 21.8 Å². The van der Waals surface area contributed by atoms with Crippen LogP contribution in [0.3, 0.4) is 0 Å². The van der Waals surface area contributed by atoms with Gasteiger partial charge in [0.15, 0.2) is 0 Å². The first kappa shape index (κ1) is 40.6. The molecule has 1 aliphatic rings. The summed E-state index contributed by atoms with van der Waals surface area (Å²) in [5.74, 6) is 0.521. The number of nitrogens with one attached hydrogen (secondary N) is 1. The number of anilines is 2. The molecule has 1 aliphatic carbocycles. The van der Waals surface area contributed by atoms with E-state index in [1.165, 1.54) is 44.0 Å². The fourth-order valence-electron chi connectivity index (χ4n) is 6.06. The highest BCUT2D eigenvalue weighted by atomic mass is 32.2. The maximum atomic E-state index is 14.8. The Balaban J connectivity index is 0.000000193. The fourth-order valence-corrected chi connectivity index (χ4v) is 7.35. The SMILES string of the molecule is CCNS(=O)(=O)c1cc(C(F)(F)F)ccc1-c1ccc(-c2cnc(N)nc2)nc1.Nc1cnc(-c2ccc(-c3cccnc3OC3CCC(N)CC3)cc2F)cn1. The van der Waals surface area contributed by atoms with Gasteiger partial charge < -0.3 is 21.9 Å². The van der Waals surface area contributed by atoms with E-state index < -0.39 is 32.5 Å².